The van der Waals surface area contributed by atoms with Gasteiger partial charge in [0.05, 0.1) is 12.6 Å². The number of nitrogens with one attached hydrogen (secondary N) is 2. The number of hydrogen-bond donors (Lipinski definition) is 2. The number of hydrogen-bond acceptors (Lipinski definition) is 8. The number of benzene rings is 3. The van der Waals surface area contributed by atoms with Crippen molar-refractivity contribution in [3.05, 3.63) is 141 Å². The molecule has 2 N–H and O–H groups in total. The summed E-state index contributed by atoms with van der Waals surface area (Å²) in [6.45, 7) is 0. The van der Waals surface area contributed by atoms with Gasteiger partial charge in [0.2, 0.25) is 5.91 Å². The van der Waals surface area contributed by atoms with Crippen molar-refractivity contribution < 1.29 is 23.9 Å². The molecule has 0 aliphatic carbocycles. The number of fused-ring (bicyclic) bond motifs is 1. The molecule has 9 nitrogen and oxygen atoms in total. The van der Waals surface area contributed by atoms with Gasteiger partial charge < -0.3 is 10.1 Å². The molecule has 2 aliphatic rings. The van der Waals surface area contributed by atoms with E-state index in [2.05, 4.69) is 15.8 Å². The summed E-state index contributed by atoms with van der Waals surface area (Å²) in [5, 5.41) is 8.33. The van der Waals surface area contributed by atoms with Crippen LogP contribution in [0.4, 0.5) is 0 Å². The van der Waals surface area contributed by atoms with Crippen LogP contribution in [0.2, 0.25) is 0 Å². The molecule has 2 aliphatic heterocycles. The van der Waals surface area contributed by atoms with E-state index in [9.17, 15) is 19.2 Å². The number of carbonyl (C=O) groups is 4. The van der Waals surface area contributed by atoms with Gasteiger partial charge in [0.15, 0.2) is 6.10 Å². The van der Waals surface area contributed by atoms with Gasteiger partial charge in [-0.15, -0.1) is 23.1 Å². The van der Waals surface area contributed by atoms with Crippen molar-refractivity contribution in [1.82, 2.24) is 15.6 Å². The largest absolute Gasteiger partial charge is 0.448 e. The molecule has 3 amide bonds. The van der Waals surface area contributed by atoms with Crippen LogP contribution in [0.25, 0.3) is 0 Å². The van der Waals surface area contributed by atoms with Crippen molar-refractivity contribution in [2.24, 2.45) is 5.10 Å². The Morgan fingerprint density at radius 1 is 0.911 bits per heavy atom. The first kappa shape index (κ1) is 30.0. The van der Waals surface area contributed by atoms with Crippen LogP contribution >= 0.6 is 23.1 Å². The minimum absolute atomic E-state index is 0.0297. The molecule has 0 bridgehead atoms. The number of amides is 3. The van der Waals surface area contributed by atoms with Crippen LogP contribution < -0.4 is 10.7 Å². The number of hydrazone groups is 1. The second-order valence-corrected chi connectivity index (χ2v) is 12.4. The summed E-state index contributed by atoms with van der Waals surface area (Å²) in [6, 6.07) is 30.2. The Morgan fingerprint density at radius 3 is 2.18 bits per heavy atom. The lowest BCUT2D eigenvalue weighted by Crippen LogP contribution is -2.70. The van der Waals surface area contributed by atoms with Crippen molar-refractivity contribution in [3.63, 3.8) is 0 Å². The molecule has 1 saturated heterocycles. The Hall–Kier alpha value is -5.00. The van der Waals surface area contributed by atoms with Crippen LogP contribution in [0.5, 0.6) is 0 Å². The smallest absolute Gasteiger partial charge is 0.356 e. The lowest BCUT2D eigenvalue weighted by Gasteiger charge is -2.49. The highest BCUT2D eigenvalue weighted by atomic mass is 32.2. The molecule has 226 valence electrons. The average Bonchev–Trinajstić information content (AvgIpc) is 3.59. The van der Waals surface area contributed by atoms with Gasteiger partial charge in [-0.1, -0.05) is 84.9 Å². The first-order valence-corrected chi connectivity index (χ1v) is 16.1. The van der Waals surface area contributed by atoms with Gasteiger partial charge in [-0.2, -0.15) is 5.10 Å². The quantitative estimate of drug-likeness (QED) is 0.113. The molecule has 1 aromatic heterocycles. The summed E-state index contributed by atoms with van der Waals surface area (Å²) in [6.07, 6.45) is 0.795. The van der Waals surface area contributed by atoms with Gasteiger partial charge >= 0.3 is 5.97 Å². The predicted molar refractivity (Wildman–Crippen MR) is 173 cm³/mol. The summed E-state index contributed by atoms with van der Waals surface area (Å²) in [5.74, 6) is -1.53. The third-order valence-electron chi connectivity index (χ3n) is 7.27. The minimum atomic E-state index is -0.791. The SMILES string of the molecule is O=C(Cc1cccs1)N[C@@H]1C(=O)N2C(C(=O)OC(c3ccccc3)c3ccccc3)=C(/C=N/NC(=O)c3ccccc3)CS[C@H]12. The molecular formula is C34H28N4O5S2. The van der Waals surface area contributed by atoms with Crippen LogP contribution in [0.1, 0.15) is 32.5 Å². The second kappa shape index (κ2) is 13.7. The normalized spacial score (nSPS) is 17.5. The van der Waals surface area contributed by atoms with Crippen molar-refractivity contribution >= 4 is 53.0 Å². The zero-order chi connectivity index (χ0) is 31.2. The van der Waals surface area contributed by atoms with Crippen LogP contribution in [0, 0.1) is 0 Å². The van der Waals surface area contributed by atoms with E-state index >= 15 is 0 Å². The number of ether oxygens (including phenoxy) is 1. The Morgan fingerprint density at radius 2 is 1.56 bits per heavy atom. The molecule has 0 radical (unpaired) electrons. The first-order valence-electron chi connectivity index (χ1n) is 14.2. The molecule has 1 fully saturated rings. The predicted octanol–water partition coefficient (Wildman–Crippen LogP) is 4.69. The van der Waals surface area contributed by atoms with E-state index in [4.69, 9.17) is 4.74 Å². The maximum Gasteiger partial charge on any atom is 0.356 e. The van der Waals surface area contributed by atoms with E-state index in [0.717, 1.165) is 16.0 Å². The number of rotatable bonds is 10. The zero-order valence-electron chi connectivity index (χ0n) is 23.9. The molecule has 4 aromatic rings. The summed E-state index contributed by atoms with van der Waals surface area (Å²) in [5.41, 5.74) is 4.87. The topological polar surface area (TPSA) is 117 Å². The molecule has 0 spiro atoms. The van der Waals surface area contributed by atoms with E-state index in [-0.39, 0.29) is 18.0 Å². The molecule has 0 saturated carbocycles. The van der Waals surface area contributed by atoms with E-state index < -0.39 is 35.3 Å². The fourth-order valence-electron chi connectivity index (χ4n) is 5.10. The lowest BCUT2D eigenvalue weighted by atomic mass is 10.0. The number of β-lactam (4-membered cyclic amide) rings is 1. The molecule has 2 atom stereocenters. The molecule has 3 aromatic carbocycles. The van der Waals surface area contributed by atoms with Crippen molar-refractivity contribution in [3.8, 4) is 0 Å². The Labute approximate surface area is 268 Å². The number of thioether (sulfide) groups is 1. The monoisotopic (exact) mass is 636 g/mol. The standard InChI is InChI=1S/C34H28N4O5S2/c39-27(19-26-17-10-18-44-26)36-28-32(41)38-29(25(21-45-33(28)38)20-35-37-31(40)24-15-8-3-9-16-24)34(42)43-30(22-11-4-1-5-12-22)23-13-6-2-7-14-23/h1-18,20,28,30,33H,19,21H2,(H,36,39)(H,37,40)/b35-20+/t28-,33-/m1/s1. The second-order valence-electron chi connectivity index (χ2n) is 10.3. The van der Waals surface area contributed by atoms with Crippen molar-refractivity contribution in [2.45, 2.75) is 23.9 Å². The van der Waals surface area contributed by atoms with Crippen molar-refractivity contribution in [2.75, 3.05) is 5.75 Å². The van der Waals surface area contributed by atoms with Gasteiger partial charge in [0.25, 0.3) is 11.8 Å². The summed E-state index contributed by atoms with van der Waals surface area (Å²) >= 11 is 2.86. The number of nitrogens with zero attached hydrogens (tertiary/aromatic N) is 2. The maximum absolute atomic E-state index is 14.0. The van der Waals surface area contributed by atoms with Gasteiger partial charge in [-0.3, -0.25) is 19.3 Å². The van der Waals surface area contributed by atoms with E-state index in [1.165, 1.54) is 34.2 Å². The maximum atomic E-state index is 14.0. The van der Waals surface area contributed by atoms with Crippen LogP contribution in [-0.2, 0) is 25.5 Å². The molecule has 6 rings (SSSR count). The fraction of sp³-hybridized carbons (Fsp3) is 0.147. The van der Waals surface area contributed by atoms with Gasteiger partial charge in [0.1, 0.15) is 17.1 Å². The zero-order valence-corrected chi connectivity index (χ0v) is 25.5. The molecule has 11 heteroatoms. The van der Waals surface area contributed by atoms with Crippen LogP contribution in [-0.4, -0.2) is 52.0 Å². The highest BCUT2D eigenvalue weighted by Crippen LogP contribution is 2.41. The Balaban J connectivity index is 1.27. The van der Waals surface area contributed by atoms with Crippen molar-refractivity contribution in [1.29, 1.82) is 0 Å². The minimum Gasteiger partial charge on any atom is -0.448 e. The highest BCUT2D eigenvalue weighted by Gasteiger charge is 2.54. The Bertz CT molecular complexity index is 1710. The number of carbonyl (C=O) groups excluding carboxylic acids is 4. The fourth-order valence-corrected chi connectivity index (χ4v) is 7.10. The number of esters is 1. The molecule has 3 heterocycles. The third-order valence-corrected chi connectivity index (χ3v) is 9.45. The lowest BCUT2D eigenvalue weighted by molar-refractivity contribution is -0.154. The number of thiophene rings is 1. The first-order chi connectivity index (χ1) is 22.0. The Kier molecular flexibility index (Phi) is 9.18. The summed E-state index contributed by atoms with van der Waals surface area (Å²) in [4.78, 5) is 55.1. The van der Waals surface area contributed by atoms with Gasteiger partial charge in [-0.05, 0) is 34.7 Å². The third kappa shape index (κ3) is 6.74. The van der Waals surface area contributed by atoms with Gasteiger partial charge in [0, 0.05) is 21.8 Å². The molecule has 45 heavy (non-hydrogen) atoms. The average molecular weight is 637 g/mol. The van der Waals surface area contributed by atoms with Gasteiger partial charge in [-0.25, -0.2) is 10.2 Å². The van der Waals surface area contributed by atoms with E-state index in [1.807, 2.05) is 78.2 Å². The summed E-state index contributed by atoms with van der Waals surface area (Å²) < 4.78 is 6.14. The summed E-state index contributed by atoms with van der Waals surface area (Å²) in [7, 11) is 0. The van der Waals surface area contributed by atoms with E-state index in [0.29, 0.717) is 16.9 Å². The van der Waals surface area contributed by atoms with Crippen LogP contribution in [0.15, 0.2) is 125 Å². The van der Waals surface area contributed by atoms with E-state index in [1.54, 1.807) is 30.3 Å². The molecular weight excluding hydrogens is 609 g/mol. The molecule has 0 unspecified atom stereocenters. The highest BCUT2D eigenvalue weighted by molar-refractivity contribution is 8.00. The van der Waals surface area contributed by atoms with Crippen LogP contribution in [0.3, 0.4) is 0 Å².